The average molecular weight is 195 g/mol. The second-order valence-corrected chi connectivity index (χ2v) is 2.95. The molecule has 6 nitrogen and oxygen atoms in total. The molecule has 0 radical (unpaired) electrons. The highest BCUT2D eigenvalue weighted by molar-refractivity contribution is 4.81. The topological polar surface area (TPSA) is 113 Å². The number of hydrogen-bond acceptors (Lipinski definition) is 6. The van der Waals surface area contributed by atoms with Crippen LogP contribution in [0.3, 0.4) is 0 Å². The van der Waals surface area contributed by atoms with Gasteiger partial charge in [-0.1, -0.05) is 0 Å². The van der Waals surface area contributed by atoms with Gasteiger partial charge in [0, 0.05) is 0 Å². The Balaban J connectivity index is 4.15. The molecule has 0 aliphatic carbocycles. The molecule has 0 aromatic carbocycles. The number of rotatable bonds is 5. The van der Waals surface area contributed by atoms with E-state index in [0.717, 1.165) is 0 Å². The van der Waals surface area contributed by atoms with Gasteiger partial charge in [-0.2, -0.15) is 0 Å². The maximum absolute atomic E-state index is 9.20. The lowest BCUT2D eigenvalue weighted by atomic mass is 10.0. The van der Waals surface area contributed by atoms with E-state index in [9.17, 15) is 10.2 Å². The third-order valence-corrected chi connectivity index (χ3v) is 1.81. The molecular weight excluding hydrogens is 178 g/mol. The predicted molar refractivity (Wildman–Crippen MR) is 44.8 cm³/mol. The third kappa shape index (κ3) is 3.55. The minimum atomic E-state index is -1.59. The standard InChI is InChI=1S/C7H17NO5/c1-3(9)4(10)5(11)6(12)7(13)8-2/h3-13H,1-2H3/t3-,4+,5+,6+,7?/m0/s1. The molecule has 0 aromatic heterocycles. The van der Waals surface area contributed by atoms with Crippen LogP contribution < -0.4 is 5.32 Å². The number of hydrogen-bond donors (Lipinski definition) is 6. The van der Waals surface area contributed by atoms with Gasteiger partial charge in [0.25, 0.3) is 0 Å². The van der Waals surface area contributed by atoms with Crippen LogP contribution in [0.5, 0.6) is 0 Å². The van der Waals surface area contributed by atoms with E-state index in [1.54, 1.807) is 0 Å². The van der Waals surface area contributed by atoms with E-state index in [1.807, 2.05) is 0 Å². The monoisotopic (exact) mass is 195 g/mol. The zero-order valence-electron chi connectivity index (χ0n) is 7.62. The van der Waals surface area contributed by atoms with Crippen molar-refractivity contribution in [3.05, 3.63) is 0 Å². The van der Waals surface area contributed by atoms with Crippen LogP contribution in [0.15, 0.2) is 0 Å². The molecule has 80 valence electrons. The quantitative estimate of drug-likeness (QED) is 0.260. The van der Waals surface area contributed by atoms with Gasteiger partial charge < -0.3 is 25.5 Å². The first-order valence-electron chi connectivity index (χ1n) is 3.99. The van der Waals surface area contributed by atoms with Crippen LogP contribution >= 0.6 is 0 Å². The van der Waals surface area contributed by atoms with Gasteiger partial charge in [-0.15, -0.1) is 0 Å². The lowest BCUT2D eigenvalue weighted by molar-refractivity contribution is -0.135. The number of aliphatic hydroxyl groups is 5. The Kier molecular flexibility index (Phi) is 5.38. The van der Waals surface area contributed by atoms with E-state index >= 15 is 0 Å². The van der Waals surface area contributed by atoms with Gasteiger partial charge in [0.1, 0.15) is 24.5 Å². The van der Waals surface area contributed by atoms with Gasteiger partial charge in [0.05, 0.1) is 6.10 Å². The average Bonchev–Trinajstić information content (AvgIpc) is 2.12. The zero-order chi connectivity index (χ0) is 10.6. The van der Waals surface area contributed by atoms with Gasteiger partial charge >= 0.3 is 0 Å². The Labute approximate surface area is 76.4 Å². The maximum atomic E-state index is 9.20. The van der Waals surface area contributed by atoms with Gasteiger partial charge in [-0.05, 0) is 14.0 Å². The summed E-state index contributed by atoms with van der Waals surface area (Å²) in [6.07, 6.45) is -7.15. The first-order chi connectivity index (χ1) is 5.91. The Morgan fingerprint density at radius 2 is 1.31 bits per heavy atom. The van der Waals surface area contributed by atoms with Crippen LogP contribution in [0, 0.1) is 0 Å². The van der Waals surface area contributed by atoms with E-state index in [1.165, 1.54) is 14.0 Å². The smallest absolute Gasteiger partial charge is 0.133 e. The second-order valence-electron chi connectivity index (χ2n) is 2.95. The highest BCUT2D eigenvalue weighted by Gasteiger charge is 2.31. The Bertz CT molecular complexity index is 143. The summed E-state index contributed by atoms with van der Waals surface area (Å²) in [7, 11) is 1.38. The largest absolute Gasteiger partial charge is 0.391 e. The molecule has 0 saturated heterocycles. The van der Waals surface area contributed by atoms with Crippen molar-refractivity contribution >= 4 is 0 Å². The summed E-state index contributed by atoms with van der Waals surface area (Å²) in [6.45, 7) is 1.27. The SMILES string of the molecule is CNC(O)[C@H](O)[C@H](O)[C@H](O)[C@H](C)O. The Morgan fingerprint density at radius 1 is 0.846 bits per heavy atom. The second kappa shape index (κ2) is 5.48. The van der Waals surface area contributed by atoms with E-state index in [-0.39, 0.29) is 0 Å². The molecule has 0 saturated carbocycles. The van der Waals surface area contributed by atoms with E-state index in [2.05, 4.69) is 5.32 Å². The van der Waals surface area contributed by atoms with Crippen LogP contribution in [-0.4, -0.2) is 63.2 Å². The van der Waals surface area contributed by atoms with Crippen molar-refractivity contribution in [2.45, 2.75) is 37.6 Å². The summed E-state index contributed by atoms with van der Waals surface area (Å²) >= 11 is 0. The molecule has 1 unspecified atom stereocenters. The lowest BCUT2D eigenvalue weighted by Gasteiger charge is -2.27. The molecule has 5 atom stereocenters. The normalized spacial score (nSPS) is 23.3. The van der Waals surface area contributed by atoms with Crippen LogP contribution in [0.1, 0.15) is 6.92 Å². The fourth-order valence-corrected chi connectivity index (χ4v) is 0.845. The maximum Gasteiger partial charge on any atom is 0.133 e. The lowest BCUT2D eigenvalue weighted by Crippen LogP contribution is -2.51. The molecule has 6 heteroatoms. The molecular formula is C7H17NO5. The molecule has 0 heterocycles. The fraction of sp³-hybridized carbons (Fsp3) is 1.00. The third-order valence-electron chi connectivity index (χ3n) is 1.81. The van der Waals surface area contributed by atoms with Crippen molar-refractivity contribution in [1.82, 2.24) is 5.32 Å². The van der Waals surface area contributed by atoms with E-state index < -0.39 is 30.6 Å². The molecule has 0 aliphatic heterocycles. The zero-order valence-corrected chi connectivity index (χ0v) is 7.62. The van der Waals surface area contributed by atoms with Crippen LogP contribution in [0.25, 0.3) is 0 Å². The molecule has 0 bridgehead atoms. The highest BCUT2D eigenvalue weighted by atomic mass is 16.4. The molecule has 0 spiro atoms. The molecule has 0 amide bonds. The van der Waals surface area contributed by atoms with Crippen LogP contribution in [0.2, 0.25) is 0 Å². The minimum absolute atomic E-state index is 1.17. The summed E-state index contributed by atoms with van der Waals surface area (Å²) < 4.78 is 0. The van der Waals surface area contributed by atoms with E-state index in [0.29, 0.717) is 0 Å². The van der Waals surface area contributed by atoms with Crippen molar-refractivity contribution in [3.63, 3.8) is 0 Å². The minimum Gasteiger partial charge on any atom is -0.391 e. The van der Waals surface area contributed by atoms with Crippen molar-refractivity contribution in [2.24, 2.45) is 0 Å². The Hall–Kier alpha value is -0.240. The van der Waals surface area contributed by atoms with Gasteiger partial charge in [-0.3, -0.25) is 5.32 Å². The van der Waals surface area contributed by atoms with Gasteiger partial charge in [0.15, 0.2) is 0 Å². The van der Waals surface area contributed by atoms with Crippen molar-refractivity contribution in [2.75, 3.05) is 7.05 Å². The van der Waals surface area contributed by atoms with Crippen molar-refractivity contribution in [3.8, 4) is 0 Å². The molecule has 0 aliphatic rings. The Morgan fingerprint density at radius 3 is 1.62 bits per heavy atom. The summed E-state index contributed by atoms with van der Waals surface area (Å²) in [5.74, 6) is 0. The molecule has 6 N–H and O–H groups in total. The van der Waals surface area contributed by atoms with Gasteiger partial charge in [-0.25, -0.2) is 0 Å². The van der Waals surface area contributed by atoms with Crippen molar-refractivity contribution < 1.29 is 25.5 Å². The molecule has 0 aromatic rings. The summed E-state index contributed by atoms with van der Waals surface area (Å²) in [5.41, 5.74) is 0. The number of nitrogens with one attached hydrogen (secondary N) is 1. The summed E-state index contributed by atoms with van der Waals surface area (Å²) in [4.78, 5) is 0. The summed E-state index contributed by atoms with van der Waals surface area (Å²) in [6, 6.07) is 0. The fourth-order valence-electron chi connectivity index (χ4n) is 0.845. The van der Waals surface area contributed by atoms with Crippen molar-refractivity contribution in [1.29, 1.82) is 0 Å². The number of aliphatic hydroxyl groups excluding tert-OH is 5. The number of likely N-dealkylation sites (N-methyl/N-ethyl adjacent to an activating group) is 1. The predicted octanol–water partition coefficient (Wildman–Crippen LogP) is -3.01. The molecule has 0 rings (SSSR count). The molecule has 13 heavy (non-hydrogen) atoms. The summed E-state index contributed by atoms with van der Waals surface area (Å²) in [5, 5.41) is 47.7. The van der Waals surface area contributed by atoms with Gasteiger partial charge in [0.2, 0.25) is 0 Å². The first-order valence-corrected chi connectivity index (χ1v) is 3.99. The van der Waals surface area contributed by atoms with E-state index in [4.69, 9.17) is 15.3 Å². The highest BCUT2D eigenvalue weighted by Crippen LogP contribution is 2.06. The first kappa shape index (κ1) is 12.8. The van der Waals surface area contributed by atoms with Crippen LogP contribution in [0.4, 0.5) is 0 Å². The molecule has 0 fully saturated rings. The van der Waals surface area contributed by atoms with Crippen LogP contribution in [-0.2, 0) is 0 Å².